The van der Waals surface area contributed by atoms with Crippen molar-refractivity contribution in [2.45, 2.75) is 6.42 Å². The van der Waals surface area contributed by atoms with Gasteiger partial charge in [-0.25, -0.2) is 4.98 Å². The van der Waals surface area contributed by atoms with Gasteiger partial charge in [-0.15, -0.1) is 0 Å². The molecule has 0 spiro atoms. The van der Waals surface area contributed by atoms with Crippen molar-refractivity contribution in [2.75, 3.05) is 7.11 Å². The van der Waals surface area contributed by atoms with Gasteiger partial charge in [0.25, 0.3) is 0 Å². The Bertz CT molecular complexity index is 748. The monoisotopic (exact) mass is 266 g/mol. The molecular formula is C16H14N2O2. The van der Waals surface area contributed by atoms with Crippen LogP contribution in [0.2, 0.25) is 0 Å². The molecule has 100 valence electrons. The summed E-state index contributed by atoms with van der Waals surface area (Å²) in [6.07, 6.45) is 2.11. The Labute approximate surface area is 116 Å². The number of hydrogen-bond acceptors (Lipinski definition) is 3. The molecule has 2 heterocycles. The van der Waals surface area contributed by atoms with E-state index in [4.69, 9.17) is 4.74 Å². The lowest BCUT2D eigenvalue weighted by Gasteiger charge is -2.04. The van der Waals surface area contributed by atoms with Crippen LogP contribution in [0.4, 0.5) is 0 Å². The number of carbonyl (C=O) groups is 1. The summed E-state index contributed by atoms with van der Waals surface area (Å²) in [6.45, 7) is 0. The standard InChI is InChI=1S/C16H14N2O2/c1-20-15(19)11-13-16(12-7-3-2-4-8-12)17-14-9-5-6-10-18(13)14/h2-10H,11H2,1H3. The SMILES string of the molecule is COC(=O)Cc1c(-c2ccccc2)nc2ccccn12. The van der Waals surface area contributed by atoms with Gasteiger partial charge in [0.2, 0.25) is 0 Å². The summed E-state index contributed by atoms with van der Waals surface area (Å²) in [5, 5.41) is 0. The summed E-state index contributed by atoms with van der Waals surface area (Å²) in [4.78, 5) is 16.3. The van der Waals surface area contributed by atoms with Crippen molar-refractivity contribution in [3.63, 3.8) is 0 Å². The normalized spacial score (nSPS) is 10.7. The zero-order valence-electron chi connectivity index (χ0n) is 11.1. The van der Waals surface area contributed by atoms with E-state index in [0.29, 0.717) is 0 Å². The zero-order chi connectivity index (χ0) is 13.9. The predicted molar refractivity (Wildman–Crippen MR) is 76.3 cm³/mol. The summed E-state index contributed by atoms with van der Waals surface area (Å²) in [6, 6.07) is 15.6. The minimum Gasteiger partial charge on any atom is -0.469 e. The van der Waals surface area contributed by atoms with Gasteiger partial charge in [-0.05, 0) is 12.1 Å². The molecule has 4 heteroatoms. The van der Waals surface area contributed by atoms with Crippen LogP contribution < -0.4 is 0 Å². The number of esters is 1. The molecule has 1 aromatic carbocycles. The van der Waals surface area contributed by atoms with Gasteiger partial charge in [0.15, 0.2) is 0 Å². The number of hydrogen-bond donors (Lipinski definition) is 0. The Hall–Kier alpha value is -2.62. The van der Waals surface area contributed by atoms with Crippen LogP contribution >= 0.6 is 0 Å². The summed E-state index contributed by atoms with van der Waals surface area (Å²) in [7, 11) is 1.40. The average Bonchev–Trinajstić information content (AvgIpc) is 2.87. The lowest BCUT2D eigenvalue weighted by molar-refractivity contribution is -0.139. The molecular weight excluding hydrogens is 252 g/mol. The maximum absolute atomic E-state index is 11.6. The lowest BCUT2D eigenvalue weighted by Crippen LogP contribution is -2.07. The fourth-order valence-electron chi connectivity index (χ4n) is 2.25. The molecule has 0 fully saturated rings. The first-order valence-corrected chi connectivity index (χ1v) is 6.38. The van der Waals surface area contributed by atoms with E-state index >= 15 is 0 Å². The van der Waals surface area contributed by atoms with Crippen LogP contribution in [-0.2, 0) is 16.0 Å². The predicted octanol–water partition coefficient (Wildman–Crippen LogP) is 2.72. The minimum absolute atomic E-state index is 0.200. The van der Waals surface area contributed by atoms with Gasteiger partial charge < -0.3 is 9.14 Å². The highest BCUT2D eigenvalue weighted by molar-refractivity contribution is 5.77. The van der Waals surface area contributed by atoms with Crippen molar-refractivity contribution in [3.8, 4) is 11.3 Å². The second-order valence-corrected chi connectivity index (χ2v) is 4.45. The van der Waals surface area contributed by atoms with Crippen LogP contribution in [0, 0.1) is 0 Å². The van der Waals surface area contributed by atoms with E-state index in [9.17, 15) is 4.79 Å². The van der Waals surface area contributed by atoms with E-state index in [2.05, 4.69) is 4.98 Å². The molecule has 4 nitrogen and oxygen atoms in total. The summed E-state index contributed by atoms with van der Waals surface area (Å²) >= 11 is 0. The molecule has 0 saturated carbocycles. The Morgan fingerprint density at radius 1 is 1.15 bits per heavy atom. The van der Waals surface area contributed by atoms with Crippen molar-refractivity contribution < 1.29 is 9.53 Å². The Kier molecular flexibility index (Phi) is 3.21. The first-order chi connectivity index (χ1) is 9.79. The smallest absolute Gasteiger partial charge is 0.311 e. The number of aromatic nitrogens is 2. The van der Waals surface area contributed by atoms with E-state index in [1.807, 2.05) is 59.1 Å². The number of nitrogens with zero attached hydrogens (tertiary/aromatic N) is 2. The van der Waals surface area contributed by atoms with Crippen molar-refractivity contribution in [1.82, 2.24) is 9.38 Å². The Morgan fingerprint density at radius 2 is 1.90 bits per heavy atom. The molecule has 0 atom stereocenters. The third kappa shape index (κ3) is 2.16. The molecule has 3 rings (SSSR count). The summed E-state index contributed by atoms with van der Waals surface area (Å²) < 4.78 is 6.71. The van der Waals surface area contributed by atoms with Crippen LogP contribution in [0.3, 0.4) is 0 Å². The highest BCUT2D eigenvalue weighted by Crippen LogP contribution is 2.24. The van der Waals surface area contributed by atoms with Crippen LogP contribution in [0.5, 0.6) is 0 Å². The Morgan fingerprint density at radius 3 is 2.65 bits per heavy atom. The van der Waals surface area contributed by atoms with Gasteiger partial charge in [-0.3, -0.25) is 4.79 Å². The van der Waals surface area contributed by atoms with E-state index in [1.54, 1.807) is 0 Å². The first kappa shape index (κ1) is 12.4. The third-order valence-electron chi connectivity index (χ3n) is 3.22. The van der Waals surface area contributed by atoms with E-state index < -0.39 is 0 Å². The molecule has 0 amide bonds. The molecule has 0 N–H and O–H groups in total. The number of pyridine rings is 1. The maximum Gasteiger partial charge on any atom is 0.311 e. The molecule has 20 heavy (non-hydrogen) atoms. The number of benzene rings is 1. The van der Waals surface area contributed by atoms with Gasteiger partial charge in [0.05, 0.1) is 24.9 Å². The van der Waals surface area contributed by atoms with Gasteiger partial charge in [0, 0.05) is 11.8 Å². The number of fused-ring (bicyclic) bond motifs is 1. The lowest BCUT2D eigenvalue weighted by atomic mass is 10.1. The van der Waals surface area contributed by atoms with E-state index in [1.165, 1.54) is 7.11 Å². The topological polar surface area (TPSA) is 43.6 Å². The molecule has 0 aliphatic carbocycles. The highest BCUT2D eigenvalue weighted by atomic mass is 16.5. The second-order valence-electron chi connectivity index (χ2n) is 4.45. The highest BCUT2D eigenvalue weighted by Gasteiger charge is 2.16. The van der Waals surface area contributed by atoms with E-state index in [-0.39, 0.29) is 12.4 Å². The van der Waals surface area contributed by atoms with Crippen LogP contribution in [0.25, 0.3) is 16.9 Å². The van der Waals surface area contributed by atoms with Gasteiger partial charge >= 0.3 is 5.97 Å². The van der Waals surface area contributed by atoms with Gasteiger partial charge in [-0.2, -0.15) is 0 Å². The van der Waals surface area contributed by atoms with Crippen LogP contribution in [0.15, 0.2) is 54.7 Å². The third-order valence-corrected chi connectivity index (χ3v) is 3.22. The van der Waals surface area contributed by atoms with Gasteiger partial charge in [0.1, 0.15) is 5.65 Å². The van der Waals surface area contributed by atoms with Crippen molar-refractivity contribution in [2.24, 2.45) is 0 Å². The van der Waals surface area contributed by atoms with Gasteiger partial charge in [-0.1, -0.05) is 36.4 Å². The molecule has 2 aromatic heterocycles. The minimum atomic E-state index is -0.271. The number of carbonyl (C=O) groups excluding carboxylic acids is 1. The molecule has 0 radical (unpaired) electrons. The number of imidazole rings is 1. The number of methoxy groups -OCH3 is 1. The molecule has 3 aromatic rings. The first-order valence-electron chi connectivity index (χ1n) is 6.38. The van der Waals surface area contributed by atoms with E-state index in [0.717, 1.165) is 22.6 Å². The molecule has 0 aliphatic heterocycles. The van der Waals surface area contributed by atoms with Crippen molar-refractivity contribution >= 4 is 11.6 Å². The number of ether oxygens (including phenoxy) is 1. The average molecular weight is 266 g/mol. The number of rotatable bonds is 3. The molecule has 0 saturated heterocycles. The largest absolute Gasteiger partial charge is 0.469 e. The maximum atomic E-state index is 11.6. The molecule has 0 unspecified atom stereocenters. The van der Waals surface area contributed by atoms with Crippen molar-refractivity contribution in [3.05, 3.63) is 60.4 Å². The molecule has 0 aliphatic rings. The molecule has 0 bridgehead atoms. The Balaban J connectivity index is 2.20. The summed E-state index contributed by atoms with van der Waals surface area (Å²) in [5.74, 6) is -0.271. The van der Waals surface area contributed by atoms with Crippen molar-refractivity contribution in [1.29, 1.82) is 0 Å². The fourth-order valence-corrected chi connectivity index (χ4v) is 2.25. The quantitative estimate of drug-likeness (QED) is 0.685. The van der Waals surface area contributed by atoms with Crippen LogP contribution in [0.1, 0.15) is 5.69 Å². The summed E-state index contributed by atoms with van der Waals surface area (Å²) in [5.41, 5.74) is 3.49. The zero-order valence-corrected chi connectivity index (χ0v) is 11.1. The van der Waals surface area contributed by atoms with Crippen LogP contribution in [-0.4, -0.2) is 22.5 Å². The fraction of sp³-hybridized carbons (Fsp3) is 0.125. The second kappa shape index (κ2) is 5.17.